The normalized spacial score (nSPS) is 10.6. The summed E-state index contributed by atoms with van der Waals surface area (Å²) in [5, 5.41) is 14.2. The summed E-state index contributed by atoms with van der Waals surface area (Å²) in [6.45, 7) is 3.31. The smallest absolute Gasteiger partial charge is 0.283 e. The lowest BCUT2D eigenvalue weighted by Gasteiger charge is -2.08. The molecule has 21 heavy (non-hydrogen) atoms. The summed E-state index contributed by atoms with van der Waals surface area (Å²) in [6.07, 6.45) is 2.72. The molecule has 6 heteroatoms. The van der Waals surface area contributed by atoms with E-state index in [0.717, 1.165) is 17.7 Å². The van der Waals surface area contributed by atoms with E-state index >= 15 is 0 Å². The molecule has 1 heterocycles. The van der Waals surface area contributed by atoms with Crippen LogP contribution in [0, 0.1) is 10.1 Å². The molecule has 0 aliphatic rings. The summed E-state index contributed by atoms with van der Waals surface area (Å²) in [7, 11) is 0. The van der Waals surface area contributed by atoms with Crippen molar-refractivity contribution in [1.82, 2.24) is 10.3 Å². The van der Waals surface area contributed by atoms with E-state index in [0.29, 0.717) is 17.6 Å². The van der Waals surface area contributed by atoms with Gasteiger partial charge in [-0.15, -0.1) is 0 Å². The summed E-state index contributed by atoms with van der Waals surface area (Å²) < 4.78 is 0.495. The minimum atomic E-state index is -0.387. The molecule has 0 radical (unpaired) electrons. The van der Waals surface area contributed by atoms with Crippen LogP contribution in [0.2, 0.25) is 0 Å². The van der Waals surface area contributed by atoms with E-state index in [4.69, 9.17) is 0 Å². The van der Waals surface area contributed by atoms with Crippen LogP contribution in [-0.4, -0.2) is 9.91 Å². The number of benzene rings is 1. The van der Waals surface area contributed by atoms with Crippen LogP contribution in [0.4, 0.5) is 5.69 Å². The fourth-order valence-electron chi connectivity index (χ4n) is 2.09. The topological polar surface area (TPSA) is 68.1 Å². The van der Waals surface area contributed by atoms with Crippen molar-refractivity contribution in [2.75, 3.05) is 0 Å². The van der Waals surface area contributed by atoms with Gasteiger partial charge in [-0.05, 0) is 45.6 Å². The number of nitro groups is 1. The first-order chi connectivity index (χ1) is 10.1. The van der Waals surface area contributed by atoms with E-state index in [1.54, 1.807) is 18.3 Å². The van der Waals surface area contributed by atoms with E-state index in [1.165, 1.54) is 5.56 Å². The molecule has 0 saturated heterocycles. The van der Waals surface area contributed by atoms with Gasteiger partial charge in [-0.3, -0.25) is 15.1 Å². The minimum Gasteiger partial charge on any atom is -0.307 e. The number of pyridine rings is 1. The number of rotatable bonds is 6. The van der Waals surface area contributed by atoms with Crippen LogP contribution >= 0.6 is 15.9 Å². The zero-order valence-electron chi connectivity index (χ0n) is 11.7. The number of nitro benzene ring substituents is 1. The van der Waals surface area contributed by atoms with Gasteiger partial charge in [0.1, 0.15) is 0 Å². The second-order valence-electron chi connectivity index (χ2n) is 4.61. The van der Waals surface area contributed by atoms with Gasteiger partial charge in [0.2, 0.25) is 0 Å². The van der Waals surface area contributed by atoms with Crippen molar-refractivity contribution in [3.05, 3.63) is 67.9 Å². The standard InChI is InChI=1S/C15H16BrN3O2/c1-2-12-4-3-7-18-14(12)10-17-9-11-5-6-13(16)15(8-11)19(20)21/h3-8,17H,2,9-10H2,1H3. The van der Waals surface area contributed by atoms with Crippen LogP contribution in [0.15, 0.2) is 41.0 Å². The highest BCUT2D eigenvalue weighted by Crippen LogP contribution is 2.25. The van der Waals surface area contributed by atoms with Crippen molar-refractivity contribution in [2.45, 2.75) is 26.4 Å². The van der Waals surface area contributed by atoms with Crippen LogP contribution < -0.4 is 5.32 Å². The Labute approximate surface area is 131 Å². The van der Waals surface area contributed by atoms with Gasteiger partial charge in [-0.25, -0.2) is 0 Å². The van der Waals surface area contributed by atoms with E-state index in [-0.39, 0.29) is 10.6 Å². The molecule has 0 saturated carbocycles. The maximum atomic E-state index is 10.9. The van der Waals surface area contributed by atoms with Gasteiger partial charge in [0.05, 0.1) is 15.1 Å². The number of hydrogen-bond acceptors (Lipinski definition) is 4. The SMILES string of the molecule is CCc1cccnc1CNCc1ccc(Br)c([N+](=O)[O-])c1. The maximum absolute atomic E-state index is 10.9. The van der Waals surface area contributed by atoms with Crippen molar-refractivity contribution < 1.29 is 4.92 Å². The Bertz CT molecular complexity index is 647. The first-order valence-corrected chi connectivity index (χ1v) is 7.47. The van der Waals surface area contributed by atoms with Crippen LogP contribution in [-0.2, 0) is 19.5 Å². The number of nitrogens with one attached hydrogen (secondary N) is 1. The number of halogens is 1. The molecule has 5 nitrogen and oxygen atoms in total. The predicted molar refractivity (Wildman–Crippen MR) is 85.0 cm³/mol. The Morgan fingerprint density at radius 2 is 2.14 bits per heavy atom. The molecule has 1 aromatic heterocycles. The molecule has 0 atom stereocenters. The van der Waals surface area contributed by atoms with Crippen molar-refractivity contribution >= 4 is 21.6 Å². The second kappa shape index (κ2) is 7.28. The molecule has 0 fully saturated rings. The second-order valence-corrected chi connectivity index (χ2v) is 5.46. The maximum Gasteiger partial charge on any atom is 0.283 e. The lowest BCUT2D eigenvalue weighted by Crippen LogP contribution is -2.15. The fourth-order valence-corrected chi connectivity index (χ4v) is 2.48. The number of hydrogen-bond donors (Lipinski definition) is 1. The van der Waals surface area contributed by atoms with Gasteiger partial charge in [0.25, 0.3) is 5.69 Å². The molecule has 0 amide bonds. The number of nitrogens with zero attached hydrogens (tertiary/aromatic N) is 2. The zero-order chi connectivity index (χ0) is 15.2. The van der Waals surface area contributed by atoms with Gasteiger partial charge < -0.3 is 5.32 Å². The monoisotopic (exact) mass is 349 g/mol. The Kier molecular flexibility index (Phi) is 5.41. The Morgan fingerprint density at radius 3 is 2.86 bits per heavy atom. The van der Waals surface area contributed by atoms with Gasteiger partial charge in [-0.1, -0.05) is 19.1 Å². The lowest BCUT2D eigenvalue weighted by atomic mass is 10.1. The molecule has 0 aliphatic carbocycles. The van der Waals surface area contributed by atoms with E-state index in [9.17, 15) is 10.1 Å². The lowest BCUT2D eigenvalue weighted by molar-refractivity contribution is -0.385. The third-order valence-electron chi connectivity index (χ3n) is 3.19. The third-order valence-corrected chi connectivity index (χ3v) is 3.86. The van der Waals surface area contributed by atoms with Gasteiger partial charge >= 0.3 is 0 Å². The molecule has 0 spiro atoms. The highest BCUT2D eigenvalue weighted by atomic mass is 79.9. The molecule has 0 bridgehead atoms. The molecular weight excluding hydrogens is 334 g/mol. The van der Waals surface area contributed by atoms with Crippen molar-refractivity contribution in [1.29, 1.82) is 0 Å². The molecule has 2 rings (SSSR count). The fraction of sp³-hybridized carbons (Fsp3) is 0.267. The predicted octanol–water partition coefficient (Wildman–Crippen LogP) is 3.60. The van der Waals surface area contributed by atoms with E-state index < -0.39 is 0 Å². The van der Waals surface area contributed by atoms with Gasteiger partial charge in [-0.2, -0.15) is 0 Å². The average molecular weight is 350 g/mol. The molecule has 1 aromatic carbocycles. The number of aryl methyl sites for hydroxylation is 1. The van der Waals surface area contributed by atoms with Crippen molar-refractivity contribution in [3.8, 4) is 0 Å². The summed E-state index contributed by atoms with van der Waals surface area (Å²) in [5.41, 5.74) is 3.19. The Hall–Kier alpha value is -1.79. The summed E-state index contributed by atoms with van der Waals surface area (Å²) in [4.78, 5) is 14.9. The highest BCUT2D eigenvalue weighted by Gasteiger charge is 2.12. The number of aromatic nitrogens is 1. The summed E-state index contributed by atoms with van der Waals surface area (Å²) in [5.74, 6) is 0. The highest BCUT2D eigenvalue weighted by molar-refractivity contribution is 9.10. The molecule has 0 aliphatic heterocycles. The Morgan fingerprint density at radius 1 is 1.33 bits per heavy atom. The van der Waals surface area contributed by atoms with Crippen LogP contribution in [0.5, 0.6) is 0 Å². The van der Waals surface area contributed by atoms with Gasteiger partial charge in [0, 0.05) is 25.4 Å². The van der Waals surface area contributed by atoms with Crippen LogP contribution in [0.3, 0.4) is 0 Å². The van der Waals surface area contributed by atoms with E-state index in [2.05, 4.69) is 39.2 Å². The third kappa shape index (κ3) is 4.09. The molecule has 1 N–H and O–H groups in total. The average Bonchev–Trinajstić information content (AvgIpc) is 2.49. The molecule has 110 valence electrons. The quantitative estimate of drug-likeness (QED) is 0.638. The van der Waals surface area contributed by atoms with Crippen molar-refractivity contribution in [2.24, 2.45) is 0 Å². The zero-order valence-corrected chi connectivity index (χ0v) is 13.3. The Balaban J connectivity index is 2.00. The van der Waals surface area contributed by atoms with Crippen molar-refractivity contribution in [3.63, 3.8) is 0 Å². The summed E-state index contributed by atoms with van der Waals surface area (Å²) in [6, 6.07) is 9.14. The summed E-state index contributed by atoms with van der Waals surface area (Å²) >= 11 is 3.18. The van der Waals surface area contributed by atoms with Gasteiger partial charge in [0.15, 0.2) is 0 Å². The first-order valence-electron chi connectivity index (χ1n) is 6.68. The van der Waals surface area contributed by atoms with Crippen LogP contribution in [0.25, 0.3) is 0 Å². The van der Waals surface area contributed by atoms with E-state index in [1.807, 2.05) is 12.1 Å². The van der Waals surface area contributed by atoms with Crippen LogP contribution in [0.1, 0.15) is 23.7 Å². The first kappa shape index (κ1) is 15.6. The minimum absolute atomic E-state index is 0.0846. The largest absolute Gasteiger partial charge is 0.307 e. The molecule has 2 aromatic rings. The molecular formula is C15H16BrN3O2. The molecule has 0 unspecified atom stereocenters.